The Bertz CT molecular complexity index is 1210. The summed E-state index contributed by atoms with van der Waals surface area (Å²) in [6, 6.07) is 16.2. The van der Waals surface area contributed by atoms with Crippen LogP contribution in [0.2, 0.25) is 0 Å². The van der Waals surface area contributed by atoms with Gasteiger partial charge in [-0.1, -0.05) is 18.2 Å². The lowest BCUT2D eigenvalue weighted by Crippen LogP contribution is -2.04. The zero-order chi connectivity index (χ0) is 19.4. The lowest BCUT2D eigenvalue weighted by atomic mass is 10.1. The highest BCUT2D eigenvalue weighted by molar-refractivity contribution is 5.82. The third-order valence-corrected chi connectivity index (χ3v) is 4.19. The summed E-state index contributed by atoms with van der Waals surface area (Å²) >= 11 is 0. The summed E-state index contributed by atoms with van der Waals surface area (Å²) in [5, 5.41) is 2.02. The standard InChI is InChI=1S/C11H11NO3.C10H9NO/c1-14-9-5-7-3-4-11(13)12-8(7)6-10(9)15-2;1-7-6-10(12)11-9-5-3-2-4-8(7)9/h3-6H,1-2H3,(H,12,13);2-6H,1H3,(H,11,12). The van der Waals surface area contributed by atoms with Crippen LogP contribution in [0.15, 0.2) is 64.2 Å². The number of aromatic amines is 2. The summed E-state index contributed by atoms with van der Waals surface area (Å²) in [6.45, 7) is 1.94. The van der Waals surface area contributed by atoms with Gasteiger partial charge in [0.15, 0.2) is 11.5 Å². The van der Waals surface area contributed by atoms with E-state index in [1.807, 2.05) is 37.3 Å². The molecule has 2 aromatic carbocycles. The van der Waals surface area contributed by atoms with Crippen LogP contribution in [0, 0.1) is 6.92 Å². The second-order valence-corrected chi connectivity index (χ2v) is 5.98. The van der Waals surface area contributed by atoms with E-state index in [0.717, 1.165) is 27.4 Å². The lowest BCUT2D eigenvalue weighted by Gasteiger charge is -2.08. The molecule has 0 saturated heterocycles. The second-order valence-electron chi connectivity index (χ2n) is 5.98. The number of methoxy groups -OCH3 is 2. The first-order chi connectivity index (χ1) is 13.0. The number of pyridine rings is 2. The van der Waals surface area contributed by atoms with Crippen LogP contribution in [0.1, 0.15) is 5.56 Å². The first kappa shape index (κ1) is 18.3. The van der Waals surface area contributed by atoms with Gasteiger partial charge in [-0.15, -0.1) is 0 Å². The Kier molecular flexibility index (Phi) is 5.26. The minimum Gasteiger partial charge on any atom is -0.493 e. The summed E-state index contributed by atoms with van der Waals surface area (Å²) in [6.07, 6.45) is 0. The van der Waals surface area contributed by atoms with E-state index < -0.39 is 0 Å². The third kappa shape index (κ3) is 4.00. The third-order valence-electron chi connectivity index (χ3n) is 4.19. The molecule has 4 rings (SSSR count). The molecule has 0 unspecified atom stereocenters. The van der Waals surface area contributed by atoms with Gasteiger partial charge in [0.05, 0.1) is 19.7 Å². The molecule has 0 spiro atoms. The van der Waals surface area contributed by atoms with Gasteiger partial charge in [0.1, 0.15) is 0 Å². The number of para-hydroxylation sites is 1. The first-order valence-electron chi connectivity index (χ1n) is 8.35. The predicted molar refractivity (Wildman–Crippen MR) is 107 cm³/mol. The molecule has 0 aliphatic rings. The Morgan fingerprint density at radius 3 is 2.15 bits per heavy atom. The fraction of sp³-hybridized carbons (Fsp3) is 0.143. The van der Waals surface area contributed by atoms with Crippen molar-refractivity contribution >= 4 is 21.8 Å². The molecule has 0 aliphatic heterocycles. The van der Waals surface area contributed by atoms with Crippen LogP contribution in [0.4, 0.5) is 0 Å². The smallest absolute Gasteiger partial charge is 0.248 e. The van der Waals surface area contributed by atoms with Crippen molar-refractivity contribution in [2.24, 2.45) is 0 Å². The molecule has 0 fully saturated rings. The summed E-state index contributed by atoms with van der Waals surface area (Å²) in [5.74, 6) is 1.25. The number of hydrogen-bond acceptors (Lipinski definition) is 4. The van der Waals surface area contributed by atoms with Gasteiger partial charge in [-0.05, 0) is 30.7 Å². The minimum atomic E-state index is -0.130. The summed E-state index contributed by atoms with van der Waals surface area (Å²) in [5.41, 5.74) is 2.50. The SMILES string of the molecule is COc1cc2ccc(=O)[nH]c2cc1OC.Cc1cc(=O)[nH]c2ccccc12. The number of rotatable bonds is 2. The maximum atomic E-state index is 11.1. The van der Waals surface area contributed by atoms with Gasteiger partial charge in [0.2, 0.25) is 11.1 Å². The molecule has 4 aromatic rings. The molecule has 0 saturated carbocycles. The molecule has 2 heterocycles. The average Bonchev–Trinajstić information content (AvgIpc) is 2.67. The van der Waals surface area contributed by atoms with Crippen LogP contribution in [-0.2, 0) is 0 Å². The maximum absolute atomic E-state index is 11.1. The van der Waals surface area contributed by atoms with Crippen LogP contribution in [0.3, 0.4) is 0 Å². The summed E-state index contributed by atoms with van der Waals surface area (Å²) < 4.78 is 10.3. The van der Waals surface area contributed by atoms with Crippen molar-refractivity contribution < 1.29 is 9.47 Å². The second kappa shape index (κ2) is 7.78. The first-order valence-corrected chi connectivity index (χ1v) is 8.35. The van der Waals surface area contributed by atoms with E-state index in [1.54, 1.807) is 32.4 Å². The molecule has 0 amide bonds. The van der Waals surface area contributed by atoms with Crippen LogP contribution >= 0.6 is 0 Å². The normalized spacial score (nSPS) is 10.3. The Balaban J connectivity index is 0.000000159. The molecule has 0 radical (unpaired) electrons. The van der Waals surface area contributed by atoms with Gasteiger partial charge >= 0.3 is 0 Å². The van der Waals surface area contributed by atoms with Gasteiger partial charge in [-0.25, -0.2) is 0 Å². The van der Waals surface area contributed by atoms with E-state index >= 15 is 0 Å². The van der Waals surface area contributed by atoms with Crippen molar-refractivity contribution in [3.8, 4) is 11.5 Å². The summed E-state index contributed by atoms with van der Waals surface area (Å²) in [7, 11) is 3.14. The maximum Gasteiger partial charge on any atom is 0.248 e. The number of aryl methyl sites for hydroxylation is 1. The lowest BCUT2D eigenvalue weighted by molar-refractivity contribution is 0.356. The van der Waals surface area contributed by atoms with Crippen LogP contribution < -0.4 is 20.6 Å². The van der Waals surface area contributed by atoms with Crippen molar-refractivity contribution in [2.75, 3.05) is 14.2 Å². The Labute approximate surface area is 155 Å². The molecule has 0 aliphatic carbocycles. The van der Waals surface area contributed by atoms with Gasteiger partial charge < -0.3 is 19.4 Å². The van der Waals surface area contributed by atoms with Crippen molar-refractivity contribution in [2.45, 2.75) is 6.92 Å². The van der Waals surface area contributed by atoms with E-state index in [2.05, 4.69) is 9.97 Å². The van der Waals surface area contributed by atoms with E-state index in [0.29, 0.717) is 11.5 Å². The largest absolute Gasteiger partial charge is 0.493 e. The number of ether oxygens (including phenoxy) is 2. The average molecular weight is 364 g/mol. The van der Waals surface area contributed by atoms with E-state index in [-0.39, 0.29) is 11.1 Å². The molecule has 0 bridgehead atoms. The Hall–Kier alpha value is -3.54. The van der Waals surface area contributed by atoms with Crippen molar-refractivity contribution in [3.63, 3.8) is 0 Å². The fourth-order valence-electron chi connectivity index (χ4n) is 2.86. The highest BCUT2D eigenvalue weighted by Crippen LogP contribution is 2.30. The van der Waals surface area contributed by atoms with E-state index in [9.17, 15) is 9.59 Å². The molecule has 2 aromatic heterocycles. The minimum absolute atomic E-state index is 0.0359. The molecule has 2 N–H and O–H groups in total. The highest BCUT2D eigenvalue weighted by atomic mass is 16.5. The molecular formula is C21H20N2O4. The van der Waals surface area contributed by atoms with Crippen LogP contribution in [-0.4, -0.2) is 24.2 Å². The van der Waals surface area contributed by atoms with Crippen LogP contribution in [0.25, 0.3) is 21.8 Å². The molecular weight excluding hydrogens is 344 g/mol. The molecule has 0 atom stereocenters. The molecule has 27 heavy (non-hydrogen) atoms. The van der Waals surface area contributed by atoms with Crippen molar-refractivity contribution in [3.05, 3.63) is 80.9 Å². The Morgan fingerprint density at radius 1 is 0.741 bits per heavy atom. The fourth-order valence-corrected chi connectivity index (χ4v) is 2.86. The zero-order valence-electron chi connectivity index (χ0n) is 15.3. The van der Waals surface area contributed by atoms with Gasteiger partial charge in [0, 0.05) is 34.5 Å². The zero-order valence-corrected chi connectivity index (χ0v) is 15.3. The highest BCUT2D eigenvalue weighted by Gasteiger charge is 2.05. The summed E-state index contributed by atoms with van der Waals surface area (Å²) in [4.78, 5) is 27.7. The monoisotopic (exact) mass is 364 g/mol. The van der Waals surface area contributed by atoms with E-state index in [1.165, 1.54) is 6.07 Å². The molecule has 6 heteroatoms. The number of nitrogens with one attached hydrogen (secondary N) is 2. The predicted octanol–water partition coefficient (Wildman–Crippen LogP) is 3.38. The Morgan fingerprint density at radius 2 is 1.41 bits per heavy atom. The van der Waals surface area contributed by atoms with E-state index in [4.69, 9.17) is 9.47 Å². The molecule has 6 nitrogen and oxygen atoms in total. The number of fused-ring (bicyclic) bond motifs is 2. The van der Waals surface area contributed by atoms with Crippen LogP contribution in [0.5, 0.6) is 11.5 Å². The van der Waals surface area contributed by atoms with Gasteiger partial charge in [-0.3, -0.25) is 9.59 Å². The number of aromatic nitrogens is 2. The number of benzene rings is 2. The molecule has 138 valence electrons. The quantitative estimate of drug-likeness (QED) is 0.571. The van der Waals surface area contributed by atoms with Gasteiger partial charge in [-0.2, -0.15) is 0 Å². The number of hydrogen-bond donors (Lipinski definition) is 2. The topological polar surface area (TPSA) is 84.2 Å². The van der Waals surface area contributed by atoms with Gasteiger partial charge in [0.25, 0.3) is 0 Å². The number of H-pyrrole nitrogens is 2. The van der Waals surface area contributed by atoms with Crippen molar-refractivity contribution in [1.29, 1.82) is 0 Å². The van der Waals surface area contributed by atoms with Crippen molar-refractivity contribution in [1.82, 2.24) is 9.97 Å².